The van der Waals surface area contributed by atoms with Crippen LogP contribution < -0.4 is 23.7 Å². The summed E-state index contributed by atoms with van der Waals surface area (Å²) in [6.07, 6.45) is 1.65. The number of carbonyl (C=O) groups excluding carboxylic acids is 1. The lowest BCUT2D eigenvalue weighted by Gasteiger charge is -2.32. The van der Waals surface area contributed by atoms with Crippen molar-refractivity contribution in [2.24, 2.45) is 5.92 Å². The van der Waals surface area contributed by atoms with E-state index in [4.69, 9.17) is 28.4 Å². The maximum Gasteiger partial charge on any atom is 0.302 e. The second kappa shape index (κ2) is 7.06. The maximum atomic E-state index is 11.3. The monoisotopic (exact) mass is 398 g/mol. The average Bonchev–Trinajstić information content (AvgIpc) is 3.37. The molecule has 0 aromatic heterocycles. The minimum Gasteiger partial charge on any atom is -0.493 e. The van der Waals surface area contributed by atoms with Gasteiger partial charge >= 0.3 is 5.97 Å². The van der Waals surface area contributed by atoms with Crippen LogP contribution in [0.5, 0.6) is 28.7 Å². The number of ether oxygens (including phenoxy) is 6. The van der Waals surface area contributed by atoms with Crippen LogP contribution in [0.25, 0.3) is 0 Å². The molecular formula is C22H22O7. The summed E-state index contributed by atoms with van der Waals surface area (Å²) in [5.41, 5.74) is 3.44. The smallest absolute Gasteiger partial charge is 0.302 e. The molecule has 1 aliphatic carbocycles. The largest absolute Gasteiger partial charge is 0.493 e. The number of fused-ring (bicyclic) bond motifs is 3. The van der Waals surface area contributed by atoms with E-state index in [2.05, 4.69) is 12.1 Å². The first-order valence-corrected chi connectivity index (χ1v) is 9.65. The van der Waals surface area contributed by atoms with Gasteiger partial charge in [0.15, 0.2) is 23.0 Å². The second-order valence-corrected chi connectivity index (χ2v) is 7.52. The highest BCUT2D eigenvalue weighted by Crippen LogP contribution is 2.49. The fourth-order valence-corrected chi connectivity index (χ4v) is 4.38. The Balaban J connectivity index is 1.57. The summed E-state index contributed by atoms with van der Waals surface area (Å²) in [5, 5.41) is 0. The fourth-order valence-electron chi connectivity index (χ4n) is 4.38. The second-order valence-electron chi connectivity index (χ2n) is 7.52. The molecule has 0 radical (unpaired) electrons. The van der Waals surface area contributed by atoms with Gasteiger partial charge in [0.25, 0.3) is 0 Å². The van der Waals surface area contributed by atoms with Crippen molar-refractivity contribution in [2.45, 2.75) is 25.7 Å². The van der Waals surface area contributed by atoms with Crippen LogP contribution in [-0.2, 0) is 16.0 Å². The van der Waals surface area contributed by atoms with E-state index in [0.29, 0.717) is 23.9 Å². The van der Waals surface area contributed by atoms with Crippen molar-refractivity contribution in [3.63, 3.8) is 0 Å². The van der Waals surface area contributed by atoms with Crippen LogP contribution in [0.4, 0.5) is 0 Å². The molecule has 2 aliphatic heterocycles. The Morgan fingerprint density at radius 3 is 2.59 bits per heavy atom. The number of rotatable bonds is 4. The highest BCUT2D eigenvalue weighted by atomic mass is 16.7. The molecule has 0 amide bonds. The highest BCUT2D eigenvalue weighted by Gasteiger charge is 2.33. The first kappa shape index (κ1) is 18.0. The lowest BCUT2D eigenvalue weighted by molar-refractivity contribution is -0.142. The molecule has 2 atom stereocenters. The van der Waals surface area contributed by atoms with Crippen LogP contribution in [0.3, 0.4) is 0 Å². The zero-order chi connectivity index (χ0) is 20.0. The van der Waals surface area contributed by atoms with Gasteiger partial charge in [-0.3, -0.25) is 4.79 Å². The zero-order valence-corrected chi connectivity index (χ0v) is 16.4. The molecule has 0 bridgehead atoms. The molecule has 7 nitrogen and oxygen atoms in total. The van der Waals surface area contributed by atoms with E-state index in [-0.39, 0.29) is 31.4 Å². The van der Waals surface area contributed by atoms with E-state index in [1.807, 2.05) is 12.1 Å². The molecule has 0 spiro atoms. The number of methoxy groups -OCH3 is 1. The van der Waals surface area contributed by atoms with Gasteiger partial charge in [0.2, 0.25) is 19.3 Å². The lowest BCUT2D eigenvalue weighted by Crippen LogP contribution is -2.24. The molecule has 2 aromatic rings. The Morgan fingerprint density at radius 2 is 1.79 bits per heavy atom. The normalized spacial score (nSPS) is 20.9. The van der Waals surface area contributed by atoms with E-state index in [1.165, 1.54) is 18.1 Å². The average molecular weight is 398 g/mol. The van der Waals surface area contributed by atoms with Crippen molar-refractivity contribution in [3.05, 3.63) is 41.0 Å². The molecule has 2 heterocycles. The quantitative estimate of drug-likeness (QED) is 0.731. The van der Waals surface area contributed by atoms with Crippen molar-refractivity contribution in [1.82, 2.24) is 0 Å². The summed E-state index contributed by atoms with van der Waals surface area (Å²) in [6.45, 7) is 2.25. The van der Waals surface area contributed by atoms with Crippen LogP contribution in [0.2, 0.25) is 0 Å². The highest BCUT2D eigenvalue weighted by molar-refractivity contribution is 5.66. The first-order chi connectivity index (χ1) is 14.1. The van der Waals surface area contributed by atoms with Gasteiger partial charge in [0.1, 0.15) is 0 Å². The molecule has 29 heavy (non-hydrogen) atoms. The number of hydrogen-bond donors (Lipinski definition) is 0. The molecule has 0 saturated heterocycles. The topological polar surface area (TPSA) is 72.5 Å². The SMILES string of the molecule is COc1cc(C2CC(COC(C)=O)Cc3cc4c(cc32)OCO4)cc2c1OCO2. The standard InChI is InChI=1S/C22H22O7/c1-12(23)25-9-13-3-14-5-18-19(27-10-26-18)8-17(14)16(4-13)15-6-20(24-2)22-21(7-15)28-11-29-22/h5-8,13,16H,3-4,9-11H2,1-2H3. The van der Waals surface area contributed by atoms with Crippen LogP contribution >= 0.6 is 0 Å². The number of carbonyl (C=O) groups is 1. The minimum atomic E-state index is -0.261. The zero-order valence-electron chi connectivity index (χ0n) is 16.4. The predicted molar refractivity (Wildman–Crippen MR) is 102 cm³/mol. The predicted octanol–water partition coefficient (Wildman–Crippen LogP) is 3.41. The Hall–Kier alpha value is -3.09. The van der Waals surface area contributed by atoms with E-state index in [1.54, 1.807) is 7.11 Å². The van der Waals surface area contributed by atoms with Crippen LogP contribution in [-0.4, -0.2) is 33.3 Å². The molecule has 2 aromatic carbocycles. The van der Waals surface area contributed by atoms with E-state index in [0.717, 1.165) is 29.9 Å². The van der Waals surface area contributed by atoms with E-state index < -0.39 is 0 Å². The van der Waals surface area contributed by atoms with Gasteiger partial charge in [-0.1, -0.05) is 0 Å². The van der Waals surface area contributed by atoms with Crippen molar-refractivity contribution >= 4 is 5.97 Å². The molecule has 0 fully saturated rings. The van der Waals surface area contributed by atoms with Crippen molar-refractivity contribution in [3.8, 4) is 28.7 Å². The Labute approximate surface area is 168 Å². The Bertz CT molecular complexity index is 968. The first-order valence-electron chi connectivity index (χ1n) is 9.65. The van der Waals surface area contributed by atoms with Gasteiger partial charge in [0.05, 0.1) is 13.7 Å². The number of esters is 1. The molecule has 5 rings (SSSR count). The third kappa shape index (κ3) is 3.20. The third-order valence-corrected chi connectivity index (χ3v) is 5.69. The summed E-state index contributed by atoms with van der Waals surface area (Å²) >= 11 is 0. The molecule has 0 N–H and O–H groups in total. The molecule has 3 aliphatic rings. The van der Waals surface area contributed by atoms with Crippen molar-refractivity contribution < 1.29 is 33.2 Å². The Kier molecular flexibility index (Phi) is 4.38. The minimum absolute atomic E-state index is 0.0807. The molecule has 7 heteroatoms. The van der Waals surface area contributed by atoms with Crippen molar-refractivity contribution in [1.29, 1.82) is 0 Å². The lowest BCUT2D eigenvalue weighted by atomic mass is 9.74. The summed E-state index contributed by atoms with van der Waals surface area (Å²) in [5.74, 6) is 3.52. The number of hydrogen-bond acceptors (Lipinski definition) is 7. The van der Waals surface area contributed by atoms with Gasteiger partial charge in [-0.2, -0.15) is 0 Å². The molecular weight excluding hydrogens is 376 g/mol. The summed E-state index contributed by atoms with van der Waals surface area (Å²) in [7, 11) is 1.62. The summed E-state index contributed by atoms with van der Waals surface area (Å²) in [6, 6.07) is 8.13. The van der Waals surface area contributed by atoms with Gasteiger partial charge in [0, 0.05) is 12.8 Å². The van der Waals surface area contributed by atoms with E-state index in [9.17, 15) is 4.79 Å². The van der Waals surface area contributed by atoms with Crippen LogP contribution in [0.15, 0.2) is 24.3 Å². The third-order valence-electron chi connectivity index (χ3n) is 5.69. The van der Waals surface area contributed by atoms with Gasteiger partial charge in [-0.25, -0.2) is 0 Å². The van der Waals surface area contributed by atoms with E-state index >= 15 is 0 Å². The van der Waals surface area contributed by atoms with Crippen LogP contribution in [0.1, 0.15) is 36.0 Å². The van der Waals surface area contributed by atoms with Gasteiger partial charge in [-0.15, -0.1) is 0 Å². The summed E-state index contributed by atoms with van der Waals surface area (Å²) in [4.78, 5) is 11.3. The molecule has 0 saturated carbocycles. The van der Waals surface area contributed by atoms with Gasteiger partial charge < -0.3 is 28.4 Å². The van der Waals surface area contributed by atoms with Crippen molar-refractivity contribution in [2.75, 3.05) is 27.3 Å². The van der Waals surface area contributed by atoms with Gasteiger partial charge in [-0.05, 0) is 59.7 Å². The molecule has 152 valence electrons. The summed E-state index contributed by atoms with van der Waals surface area (Å²) < 4.78 is 33.2. The Morgan fingerprint density at radius 1 is 1.03 bits per heavy atom. The number of benzene rings is 2. The fraction of sp³-hybridized carbons (Fsp3) is 0.409. The van der Waals surface area contributed by atoms with Crippen LogP contribution in [0, 0.1) is 5.92 Å². The maximum absolute atomic E-state index is 11.3. The molecule has 2 unspecified atom stereocenters.